The van der Waals surface area contributed by atoms with Crippen molar-refractivity contribution < 1.29 is 8.42 Å². The van der Waals surface area contributed by atoms with Crippen LogP contribution < -0.4 is 0 Å². The van der Waals surface area contributed by atoms with E-state index in [4.69, 9.17) is 0 Å². The number of nitrogens with zero attached hydrogens (tertiary/aromatic N) is 1. The number of hydrogen-bond donors (Lipinski definition) is 0. The minimum absolute atomic E-state index is 0.411. The van der Waals surface area contributed by atoms with Crippen LogP contribution in [0, 0.1) is 11.8 Å². The normalized spacial score (nSPS) is 22.3. The van der Waals surface area contributed by atoms with Gasteiger partial charge in [-0.25, -0.2) is 8.42 Å². The largest absolute Gasteiger partial charge is 0.243 e. The van der Waals surface area contributed by atoms with E-state index >= 15 is 0 Å². The van der Waals surface area contributed by atoms with Gasteiger partial charge in [0.2, 0.25) is 10.0 Å². The van der Waals surface area contributed by atoms with Gasteiger partial charge < -0.3 is 0 Å². The number of rotatable bonds is 3. The minimum Gasteiger partial charge on any atom is -0.207 e. The predicted octanol–water partition coefficient (Wildman–Crippen LogP) is 2.74. The van der Waals surface area contributed by atoms with Crippen LogP contribution in [0.4, 0.5) is 0 Å². The van der Waals surface area contributed by atoms with Gasteiger partial charge in [-0.15, -0.1) is 0 Å². The van der Waals surface area contributed by atoms with Crippen molar-refractivity contribution in [3.63, 3.8) is 0 Å². The molecule has 0 amide bonds. The predicted molar refractivity (Wildman–Crippen MR) is 72.8 cm³/mol. The zero-order chi connectivity index (χ0) is 13.2. The van der Waals surface area contributed by atoms with Gasteiger partial charge in [0.15, 0.2) is 0 Å². The number of sulfonamides is 1. The highest BCUT2D eigenvalue weighted by molar-refractivity contribution is 7.89. The summed E-state index contributed by atoms with van der Waals surface area (Å²) in [7, 11) is -3.30. The van der Waals surface area contributed by atoms with Gasteiger partial charge in [-0.2, -0.15) is 4.31 Å². The van der Waals surface area contributed by atoms with Crippen LogP contribution in [0.25, 0.3) is 0 Å². The molecule has 0 aliphatic carbocycles. The first kappa shape index (κ1) is 13.6. The molecular formula is C14H21NO2S. The first-order valence-corrected chi connectivity index (χ1v) is 8.01. The van der Waals surface area contributed by atoms with Gasteiger partial charge >= 0.3 is 0 Å². The highest BCUT2D eigenvalue weighted by Gasteiger charge is 2.30. The Labute approximate surface area is 110 Å². The first-order chi connectivity index (χ1) is 8.51. The Kier molecular flexibility index (Phi) is 4.07. The fourth-order valence-electron chi connectivity index (χ4n) is 2.48. The molecule has 100 valence electrons. The van der Waals surface area contributed by atoms with E-state index < -0.39 is 10.0 Å². The van der Waals surface area contributed by atoms with Crippen LogP contribution >= 0.6 is 0 Å². The minimum atomic E-state index is -3.30. The summed E-state index contributed by atoms with van der Waals surface area (Å²) in [6.45, 7) is 5.65. The number of hydrogen-bond acceptors (Lipinski definition) is 2. The maximum Gasteiger partial charge on any atom is 0.243 e. The Morgan fingerprint density at radius 2 is 1.89 bits per heavy atom. The lowest BCUT2D eigenvalue weighted by molar-refractivity contribution is 0.219. The Hall–Kier alpha value is -0.870. The number of benzene rings is 1. The maximum atomic E-state index is 12.5. The lowest BCUT2D eigenvalue weighted by Crippen LogP contribution is -2.41. The van der Waals surface area contributed by atoms with Crippen LogP contribution in [0.2, 0.25) is 0 Å². The molecule has 0 bridgehead atoms. The maximum absolute atomic E-state index is 12.5. The molecule has 1 aliphatic heterocycles. The van der Waals surface area contributed by atoms with Crippen molar-refractivity contribution in [2.75, 3.05) is 13.1 Å². The van der Waals surface area contributed by atoms with Crippen molar-refractivity contribution in [2.45, 2.75) is 31.6 Å². The topological polar surface area (TPSA) is 37.4 Å². The monoisotopic (exact) mass is 267 g/mol. The van der Waals surface area contributed by atoms with Crippen molar-refractivity contribution in [2.24, 2.45) is 11.8 Å². The number of piperidine rings is 1. The van der Waals surface area contributed by atoms with Crippen LogP contribution in [-0.2, 0) is 10.0 Å². The molecule has 0 aromatic heterocycles. The Morgan fingerprint density at radius 1 is 1.22 bits per heavy atom. The molecule has 1 fully saturated rings. The van der Waals surface area contributed by atoms with Gasteiger partial charge in [0.05, 0.1) is 4.90 Å². The summed E-state index contributed by atoms with van der Waals surface area (Å²) >= 11 is 0. The van der Waals surface area contributed by atoms with Crippen molar-refractivity contribution >= 4 is 10.0 Å². The van der Waals surface area contributed by atoms with Crippen LogP contribution in [0.1, 0.15) is 26.7 Å². The second kappa shape index (κ2) is 5.41. The Morgan fingerprint density at radius 3 is 2.50 bits per heavy atom. The molecule has 3 nitrogen and oxygen atoms in total. The quantitative estimate of drug-likeness (QED) is 0.844. The SMILES string of the molecule is CC(C)[C@@H]1CCCN(S(=O)(=O)c2ccccc2)C1. The molecule has 0 radical (unpaired) electrons. The van der Waals surface area contributed by atoms with Crippen molar-refractivity contribution in [3.05, 3.63) is 30.3 Å². The van der Waals surface area contributed by atoms with E-state index in [-0.39, 0.29) is 0 Å². The molecule has 0 unspecified atom stereocenters. The molecule has 18 heavy (non-hydrogen) atoms. The summed E-state index contributed by atoms with van der Waals surface area (Å²) in [6.07, 6.45) is 2.10. The van der Waals surface area contributed by atoms with Gasteiger partial charge in [0.1, 0.15) is 0 Å². The summed E-state index contributed by atoms with van der Waals surface area (Å²) in [6, 6.07) is 8.74. The molecule has 0 N–H and O–H groups in total. The lowest BCUT2D eigenvalue weighted by atomic mass is 9.89. The van der Waals surface area contributed by atoms with E-state index in [1.165, 1.54) is 0 Å². The van der Waals surface area contributed by atoms with Gasteiger partial charge in [0.25, 0.3) is 0 Å². The van der Waals surface area contributed by atoms with E-state index in [9.17, 15) is 8.42 Å². The smallest absolute Gasteiger partial charge is 0.207 e. The van der Waals surface area contributed by atoms with E-state index in [1.807, 2.05) is 6.07 Å². The molecule has 4 heteroatoms. The van der Waals surface area contributed by atoms with Crippen LogP contribution in [0.5, 0.6) is 0 Å². The average molecular weight is 267 g/mol. The Balaban J connectivity index is 2.21. The summed E-state index contributed by atoms with van der Waals surface area (Å²) in [5, 5.41) is 0. The highest BCUT2D eigenvalue weighted by atomic mass is 32.2. The molecule has 1 heterocycles. The van der Waals surface area contributed by atoms with Gasteiger partial charge in [-0.3, -0.25) is 0 Å². The second-order valence-electron chi connectivity index (χ2n) is 5.32. The fraction of sp³-hybridized carbons (Fsp3) is 0.571. The van der Waals surface area contributed by atoms with Crippen LogP contribution in [0.3, 0.4) is 0 Å². The summed E-state index contributed by atoms with van der Waals surface area (Å²) in [5.41, 5.74) is 0. The van der Waals surface area contributed by atoms with Crippen molar-refractivity contribution in [1.82, 2.24) is 4.31 Å². The molecule has 2 rings (SSSR count). The van der Waals surface area contributed by atoms with Crippen LogP contribution in [0.15, 0.2) is 35.2 Å². The third kappa shape index (κ3) is 2.75. The Bertz CT molecular complexity index is 482. The van der Waals surface area contributed by atoms with E-state index in [2.05, 4.69) is 13.8 Å². The van der Waals surface area contributed by atoms with Gasteiger partial charge in [-0.1, -0.05) is 32.0 Å². The van der Waals surface area contributed by atoms with Crippen molar-refractivity contribution in [3.8, 4) is 0 Å². The molecule has 1 aromatic carbocycles. The zero-order valence-electron chi connectivity index (χ0n) is 11.0. The molecule has 1 atom stereocenters. The van der Waals surface area contributed by atoms with E-state index in [1.54, 1.807) is 28.6 Å². The highest BCUT2D eigenvalue weighted by Crippen LogP contribution is 2.27. The standard InChI is InChI=1S/C14H21NO2S/c1-12(2)13-7-6-10-15(11-13)18(16,17)14-8-4-3-5-9-14/h3-5,8-9,12-13H,6-7,10-11H2,1-2H3/t13-/m1/s1. The molecule has 1 aliphatic rings. The summed E-state index contributed by atoms with van der Waals surface area (Å²) in [4.78, 5) is 0.411. The van der Waals surface area contributed by atoms with E-state index in [0.29, 0.717) is 29.8 Å². The van der Waals surface area contributed by atoms with E-state index in [0.717, 1.165) is 12.8 Å². The summed E-state index contributed by atoms with van der Waals surface area (Å²) in [5.74, 6) is 1.02. The summed E-state index contributed by atoms with van der Waals surface area (Å²) < 4.78 is 26.6. The lowest BCUT2D eigenvalue weighted by Gasteiger charge is -2.33. The third-order valence-electron chi connectivity index (χ3n) is 3.74. The van der Waals surface area contributed by atoms with Gasteiger partial charge in [-0.05, 0) is 36.8 Å². The molecule has 0 spiro atoms. The zero-order valence-corrected chi connectivity index (χ0v) is 11.9. The molecule has 1 saturated heterocycles. The van der Waals surface area contributed by atoms with Crippen LogP contribution in [-0.4, -0.2) is 25.8 Å². The third-order valence-corrected chi connectivity index (χ3v) is 5.62. The average Bonchev–Trinajstić information content (AvgIpc) is 2.40. The molecule has 1 aromatic rings. The first-order valence-electron chi connectivity index (χ1n) is 6.57. The second-order valence-corrected chi connectivity index (χ2v) is 7.26. The fourth-order valence-corrected chi connectivity index (χ4v) is 4.03. The van der Waals surface area contributed by atoms with Gasteiger partial charge in [0, 0.05) is 13.1 Å². The molecule has 0 saturated carbocycles. The van der Waals surface area contributed by atoms with Crippen molar-refractivity contribution in [1.29, 1.82) is 0 Å². The molecular weight excluding hydrogens is 246 g/mol.